The topological polar surface area (TPSA) is 63.3 Å². The third kappa shape index (κ3) is 2.76. The van der Waals surface area contributed by atoms with Crippen LogP contribution >= 0.6 is 0 Å². The summed E-state index contributed by atoms with van der Waals surface area (Å²) in [6.07, 6.45) is -4.79. The molecule has 0 radical (unpaired) electrons. The van der Waals surface area contributed by atoms with Crippen LogP contribution in [0.2, 0.25) is 0 Å². The Hall–Kier alpha value is -1.70. The van der Waals surface area contributed by atoms with E-state index in [1.807, 2.05) is 0 Å². The lowest BCUT2D eigenvalue weighted by Gasteiger charge is -2.21. The fourth-order valence-electron chi connectivity index (χ4n) is 1.24. The van der Waals surface area contributed by atoms with E-state index < -0.39 is 35.2 Å². The van der Waals surface area contributed by atoms with Gasteiger partial charge in [-0.2, -0.15) is 22.0 Å². The predicted molar refractivity (Wildman–Crippen MR) is 50.9 cm³/mol. The summed E-state index contributed by atoms with van der Waals surface area (Å²) >= 11 is 0. The molecule has 0 fully saturated rings. The monoisotopic (exact) mass is 269 g/mol. The zero-order valence-corrected chi connectivity index (χ0v) is 8.71. The van der Waals surface area contributed by atoms with E-state index in [-0.39, 0.29) is 6.07 Å². The third-order valence-electron chi connectivity index (χ3n) is 2.23. The van der Waals surface area contributed by atoms with Crippen LogP contribution in [0.4, 0.5) is 22.0 Å². The molecule has 1 unspecified atom stereocenters. The van der Waals surface area contributed by atoms with Gasteiger partial charge in [-0.15, -0.1) is 0 Å². The number of nitrogens with two attached hydrogens (primary N) is 1. The SMILES string of the molecule is NC(C(=O)O)C(F)(F)c1cccc(C(F)(F)F)c1. The van der Waals surface area contributed by atoms with Crippen LogP contribution in [0.5, 0.6) is 0 Å². The zero-order valence-electron chi connectivity index (χ0n) is 8.71. The fraction of sp³-hybridized carbons (Fsp3) is 0.300. The Bertz CT molecular complexity index is 458. The summed E-state index contributed by atoms with van der Waals surface area (Å²) in [5.41, 5.74) is 2.37. The van der Waals surface area contributed by atoms with Crippen LogP contribution in [0.3, 0.4) is 0 Å². The third-order valence-corrected chi connectivity index (χ3v) is 2.23. The maximum atomic E-state index is 13.5. The van der Waals surface area contributed by atoms with Crippen molar-refractivity contribution in [2.45, 2.75) is 18.1 Å². The summed E-state index contributed by atoms with van der Waals surface area (Å²) in [6, 6.07) is -0.367. The molecule has 0 aliphatic rings. The number of aliphatic carboxylic acids is 1. The summed E-state index contributed by atoms with van der Waals surface area (Å²) in [4.78, 5) is 10.4. The van der Waals surface area contributed by atoms with Crippen molar-refractivity contribution < 1.29 is 31.9 Å². The molecule has 8 heteroatoms. The number of benzene rings is 1. The highest BCUT2D eigenvalue weighted by molar-refractivity contribution is 5.75. The van der Waals surface area contributed by atoms with Crippen molar-refractivity contribution in [1.82, 2.24) is 0 Å². The van der Waals surface area contributed by atoms with Gasteiger partial charge >= 0.3 is 12.1 Å². The quantitative estimate of drug-likeness (QED) is 0.827. The first kappa shape index (κ1) is 14.4. The van der Waals surface area contributed by atoms with E-state index in [0.29, 0.717) is 12.1 Å². The smallest absolute Gasteiger partial charge is 0.416 e. The van der Waals surface area contributed by atoms with Crippen molar-refractivity contribution in [3.8, 4) is 0 Å². The maximum absolute atomic E-state index is 13.5. The minimum Gasteiger partial charge on any atom is -0.480 e. The molecular weight excluding hydrogens is 261 g/mol. The normalized spacial score (nSPS) is 14.3. The molecule has 1 aromatic carbocycles. The van der Waals surface area contributed by atoms with Gasteiger partial charge in [-0.25, -0.2) is 0 Å². The van der Waals surface area contributed by atoms with Crippen LogP contribution in [0.25, 0.3) is 0 Å². The average Bonchev–Trinajstić information content (AvgIpc) is 2.27. The van der Waals surface area contributed by atoms with E-state index in [1.54, 1.807) is 0 Å². The van der Waals surface area contributed by atoms with Crippen LogP contribution in [-0.2, 0) is 16.9 Å². The maximum Gasteiger partial charge on any atom is 0.416 e. The van der Waals surface area contributed by atoms with Crippen molar-refractivity contribution >= 4 is 5.97 Å². The van der Waals surface area contributed by atoms with Crippen molar-refractivity contribution in [2.75, 3.05) is 0 Å². The molecule has 1 atom stereocenters. The average molecular weight is 269 g/mol. The van der Waals surface area contributed by atoms with Crippen LogP contribution in [0.1, 0.15) is 11.1 Å². The molecule has 0 aromatic heterocycles. The van der Waals surface area contributed by atoms with Gasteiger partial charge < -0.3 is 10.8 Å². The molecule has 0 aliphatic carbocycles. The summed E-state index contributed by atoms with van der Waals surface area (Å²) in [6.45, 7) is 0. The second-order valence-electron chi connectivity index (χ2n) is 3.52. The minimum atomic E-state index is -4.79. The van der Waals surface area contributed by atoms with E-state index in [1.165, 1.54) is 0 Å². The number of alkyl halides is 5. The first-order valence-electron chi connectivity index (χ1n) is 4.60. The first-order chi connectivity index (χ1) is 8.06. The molecule has 0 amide bonds. The molecule has 3 nitrogen and oxygen atoms in total. The molecule has 1 aromatic rings. The lowest BCUT2D eigenvalue weighted by molar-refractivity contribution is -0.149. The summed E-state index contributed by atoms with van der Waals surface area (Å²) in [5, 5.41) is 8.38. The Kier molecular flexibility index (Phi) is 3.61. The van der Waals surface area contributed by atoms with E-state index >= 15 is 0 Å². The Morgan fingerprint density at radius 3 is 2.11 bits per heavy atom. The molecule has 0 spiro atoms. The summed E-state index contributed by atoms with van der Waals surface area (Å²) in [5.74, 6) is -6.09. The lowest BCUT2D eigenvalue weighted by atomic mass is 9.99. The van der Waals surface area contributed by atoms with Gasteiger partial charge in [0.1, 0.15) is 0 Å². The van der Waals surface area contributed by atoms with E-state index in [0.717, 1.165) is 6.07 Å². The van der Waals surface area contributed by atoms with Gasteiger partial charge in [0, 0.05) is 5.56 Å². The van der Waals surface area contributed by atoms with Crippen LogP contribution in [0, 0.1) is 0 Å². The number of hydrogen-bond acceptors (Lipinski definition) is 2. The van der Waals surface area contributed by atoms with Gasteiger partial charge in [-0.1, -0.05) is 12.1 Å². The molecule has 18 heavy (non-hydrogen) atoms. The van der Waals surface area contributed by atoms with Gasteiger partial charge in [0.15, 0.2) is 6.04 Å². The van der Waals surface area contributed by atoms with E-state index in [9.17, 15) is 26.7 Å². The zero-order chi connectivity index (χ0) is 14.1. The van der Waals surface area contributed by atoms with Crippen LogP contribution in [-0.4, -0.2) is 17.1 Å². The second kappa shape index (κ2) is 4.52. The largest absolute Gasteiger partial charge is 0.480 e. The molecule has 0 saturated carbocycles. The standard InChI is InChI=1S/C10H8F5NO2/c11-9(12,7(16)8(17)18)5-2-1-3-6(4-5)10(13,14)15/h1-4,7H,16H2,(H,17,18). The molecule has 1 rings (SSSR count). The molecule has 3 N–H and O–H groups in total. The van der Waals surface area contributed by atoms with Crippen molar-refractivity contribution in [3.63, 3.8) is 0 Å². The number of carboxylic acid groups (broad SMARTS) is 1. The first-order valence-corrected chi connectivity index (χ1v) is 4.60. The molecule has 100 valence electrons. The summed E-state index contributed by atoms with van der Waals surface area (Å²) in [7, 11) is 0. The Balaban J connectivity index is 3.22. The Morgan fingerprint density at radius 2 is 1.67 bits per heavy atom. The second-order valence-corrected chi connectivity index (χ2v) is 3.52. The lowest BCUT2D eigenvalue weighted by Crippen LogP contribution is -2.45. The van der Waals surface area contributed by atoms with Crippen molar-refractivity contribution in [3.05, 3.63) is 35.4 Å². The van der Waals surface area contributed by atoms with Crippen LogP contribution < -0.4 is 5.73 Å². The van der Waals surface area contributed by atoms with E-state index in [4.69, 9.17) is 10.8 Å². The molecule has 0 heterocycles. The van der Waals surface area contributed by atoms with E-state index in [2.05, 4.69) is 0 Å². The fourth-order valence-corrected chi connectivity index (χ4v) is 1.24. The molecular formula is C10H8F5NO2. The number of rotatable bonds is 3. The number of carboxylic acids is 1. The van der Waals surface area contributed by atoms with Crippen molar-refractivity contribution in [1.29, 1.82) is 0 Å². The van der Waals surface area contributed by atoms with Crippen LogP contribution in [0.15, 0.2) is 24.3 Å². The Labute approximate surface area is 98.0 Å². The number of hydrogen-bond donors (Lipinski definition) is 2. The Morgan fingerprint density at radius 1 is 1.17 bits per heavy atom. The minimum absolute atomic E-state index is 0.183. The van der Waals surface area contributed by atoms with Gasteiger partial charge in [-0.05, 0) is 12.1 Å². The van der Waals surface area contributed by atoms with Crippen molar-refractivity contribution in [2.24, 2.45) is 5.73 Å². The van der Waals surface area contributed by atoms with Gasteiger partial charge in [0.25, 0.3) is 5.92 Å². The molecule has 0 saturated heterocycles. The number of halogens is 5. The molecule has 0 aliphatic heterocycles. The summed E-state index contributed by atoms with van der Waals surface area (Å²) < 4.78 is 64.0. The van der Waals surface area contributed by atoms with Gasteiger partial charge in [-0.3, -0.25) is 4.79 Å². The number of carbonyl (C=O) groups is 1. The van der Waals surface area contributed by atoms with Gasteiger partial charge in [0.2, 0.25) is 0 Å². The predicted octanol–water partition coefficient (Wildman–Crippen LogP) is 2.21. The highest BCUT2D eigenvalue weighted by atomic mass is 19.4. The highest BCUT2D eigenvalue weighted by Gasteiger charge is 2.44. The molecule has 0 bridgehead atoms. The van der Waals surface area contributed by atoms with Gasteiger partial charge in [0.05, 0.1) is 5.56 Å². The highest BCUT2D eigenvalue weighted by Crippen LogP contribution is 2.35.